The molecule has 0 N–H and O–H groups in total. The van der Waals surface area contributed by atoms with E-state index in [0.717, 1.165) is 0 Å². The molecule has 0 aromatic rings. The molecular weight excluding hydrogens is 76.7 g/mol. The van der Waals surface area contributed by atoms with Crippen LogP contribution in [0.1, 0.15) is 6.42 Å². The summed E-state index contributed by atoms with van der Waals surface area (Å²) in [5, 5.41) is 0. The Balaban J connectivity index is 2.63. The minimum Gasteiger partial charge on any atom is -0.259 e. The predicted molar refractivity (Wildman–Crippen MR) is 25.8 cm³/mol. The van der Waals surface area contributed by atoms with Gasteiger partial charge >= 0.3 is 0 Å². The topological polar surface area (TPSA) is 0 Å². The Bertz CT molecular complexity index is 30.0. The molecule has 0 aromatic heterocycles. The fraction of sp³-hybridized carbons (Fsp3) is 1.00. The second-order valence-corrected chi connectivity index (χ2v) is 1.09. The summed E-state index contributed by atoms with van der Waals surface area (Å²) in [6.45, 7) is 0. The third kappa shape index (κ3) is 4.06. The minimum absolute atomic E-state index is 0.264. The Morgan fingerprint density at radius 3 is 2.17 bits per heavy atom. The third-order valence-electron chi connectivity index (χ3n) is 0.442. The summed E-state index contributed by atoms with van der Waals surface area (Å²) in [5.41, 5.74) is 0. The fourth-order valence-electron chi connectivity index (χ4n) is 0.159. The van der Waals surface area contributed by atoms with Crippen molar-refractivity contribution in [3.63, 3.8) is 0 Å². The van der Waals surface area contributed by atoms with Gasteiger partial charge in [0.25, 0.3) is 0 Å². The molecule has 0 heterocycles. The van der Waals surface area contributed by atoms with Crippen LogP contribution in [-0.2, 0) is 0 Å². The summed E-state index contributed by atoms with van der Waals surface area (Å²) in [6.07, 6.45) is -0.632. The number of hydrogen-bond donors (Lipinski definition) is 0. The maximum atomic E-state index is 11.4. The van der Waals surface area contributed by atoms with E-state index in [-0.39, 0.29) is 6.42 Å². The molecule has 3 heteroatoms. The quantitative estimate of drug-likeness (QED) is 0.423. The molecule has 0 nitrogen and oxygen atoms in total. The highest BCUT2D eigenvalue weighted by Gasteiger charge is 1.90. The molecule has 0 aliphatic carbocycles. The van der Waals surface area contributed by atoms with Crippen LogP contribution in [-0.4, -0.2) is 21.8 Å². The average Bonchev–Trinajstić information content (AvgIpc) is 1.35. The first-order chi connectivity index (χ1) is 2.77. The van der Waals surface area contributed by atoms with Gasteiger partial charge in [0.1, 0.15) is 7.85 Å². The van der Waals surface area contributed by atoms with Gasteiger partial charge in [-0.1, -0.05) is 6.32 Å². The van der Waals surface area contributed by atoms with Crippen molar-refractivity contribution in [2.24, 2.45) is 0 Å². The van der Waals surface area contributed by atoms with Crippen molar-refractivity contribution in [2.75, 3.05) is 0 Å². The van der Waals surface area contributed by atoms with E-state index in [9.17, 15) is 4.39 Å². The van der Waals surface area contributed by atoms with Crippen LogP contribution < -0.4 is 0 Å². The Morgan fingerprint density at radius 1 is 1.67 bits per heavy atom. The van der Waals surface area contributed by atoms with Crippen LogP contribution in [0.5, 0.6) is 0 Å². The summed E-state index contributed by atoms with van der Waals surface area (Å²) >= 11 is 0. The molecule has 0 rings (SSSR count). The Morgan fingerprint density at radius 2 is 2.17 bits per heavy atom. The van der Waals surface area contributed by atoms with Crippen molar-refractivity contribution < 1.29 is 4.39 Å². The van der Waals surface area contributed by atoms with Crippen LogP contribution in [0.15, 0.2) is 0 Å². The molecule has 0 aromatic carbocycles. The number of halogens is 1. The van der Waals surface area contributed by atoms with Crippen LogP contribution >= 0.6 is 0 Å². The molecule has 0 unspecified atom stereocenters. The summed E-state index contributed by atoms with van der Waals surface area (Å²) in [7, 11) is 9.57. The zero-order valence-corrected chi connectivity index (χ0v) is 3.52. The van der Waals surface area contributed by atoms with Gasteiger partial charge in [-0.15, -0.1) is 0 Å². The van der Waals surface area contributed by atoms with Crippen LogP contribution in [0.25, 0.3) is 0 Å². The molecule has 0 saturated heterocycles. The van der Waals surface area contributed by atoms with Crippen LogP contribution in [0, 0.1) is 0 Å². The molecule has 30 valence electrons. The van der Waals surface area contributed by atoms with Crippen LogP contribution in [0.2, 0.25) is 6.32 Å². The van der Waals surface area contributed by atoms with E-state index in [1.807, 2.05) is 0 Å². The van der Waals surface area contributed by atoms with Gasteiger partial charge in [-0.05, 0) is 6.42 Å². The number of alkyl halides is 1. The average molecular weight is 81.7 g/mol. The van der Waals surface area contributed by atoms with Crippen molar-refractivity contribution in [3.8, 4) is 0 Å². The lowest BCUT2D eigenvalue weighted by Crippen LogP contribution is -1.95. The minimum atomic E-state index is -1.23. The van der Waals surface area contributed by atoms with E-state index in [1.54, 1.807) is 0 Å². The zero-order chi connectivity index (χ0) is 4.99. The second-order valence-electron chi connectivity index (χ2n) is 1.09. The Kier molecular flexibility index (Phi) is 3.29. The highest BCUT2D eigenvalue weighted by atomic mass is 19.1. The van der Waals surface area contributed by atoms with Crippen molar-refractivity contribution in [2.45, 2.75) is 18.8 Å². The molecule has 1 atom stereocenters. The third-order valence-corrected chi connectivity index (χ3v) is 0.442. The first-order valence-corrected chi connectivity index (χ1v) is 1.87. The first kappa shape index (κ1) is 6.06. The standard InChI is InChI=1S/C3H5B2F/c4-2-1-3(5)6/h3H,1-2H2/t3-/m1/s1. The van der Waals surface area contributed by atoms with Crippen LogP contribution in [0.4, 0.5) is 4.39 Å². The largest absolute Gasteiger partial charge is 0.259 e. The molecule has 0 aliphatic rings. The van der Waals surface area contributed by atoms with Gasteiger partial charge in [-0.2, -0.15) is 0 Å². The molecule has 0 amide bonds. The lowest BCUT2D eigenvalue weighted by atomic mass is 9.90. The summed E-state index contributed by atoms with van der Waals surface area (Å²) < 4.78 is 11.4. The lowest BCUT2D eigenvalue weighted by Gasteiger charge is -1.92. The molecular formula is C3H5B2F. The summed E-state index contributed by atoms with van der Waals surface area (Å²) in [5.74, 6) is 0. The van der Waals surface area contributed by atoms with Gasteiger partial charge in [0.2, 0.25) is 0 Å². The van der Waals surface area contributed by atoms with Crippen molar-refractivity contribution in [1.29, 1.82) is 0 Å². The van der Waals surface area contributed by atoms with Gasteiger partial charge in [-0.3, -0.25) is 4.39 Å². The lowest BCUT2D eigenvalue weighted by molar-refractivity contribution is 0.433. The molecule has 6 heavy (non-hydrogen) atoms. The number of rotatable bonds is 2. The van der Waals surface area contributed by atoms with Crippen molar-refractivity contribution >= 4 is 15.7 Å². The first-order valence-electron chi connectivity index (χ1n) is 1.87. The monoisotopic (exact) mass is 82.1 g/mol. The van der Waals surface area contributed by atoms with Gasteiger partial charge in [0.05, 0.1) is 13.9 Å². The normalized spacial score (nSPS) is 14.2. The molecule has 0 bridgehead atoms. The maximum absolute atomic E-state index is 11.4. The summed E-state index contributed by atoms with van der Waals surface area (Å²) in [6, 6.07) is 0. The Hall–Kier alpha value is 0.0599. The van der Waals surface area contributed by atoms with E-state index in [0.29, 0.717) is 6.32 Å². The molecule has 0 spiro atoms. The van der Waals surface area contributed by atoms with Crippen LogP contribution in [0.3, 0.4) is 0 Å². The van der Waals surface area contributed by atoms with E-state index >= 15 is 0 Å². The van der Waals surface area contributed by atoms with Gasteiger partial charge in [0.15, 0.2) is 0 Å². The molecule has 4 radical (unpaired) electrons. The van der Waals surface area contributed by atoms with E-state index < -0.39 is 6.07 Å². The van der Waals surface area contributed by atoms with Gasteiger partial charge < -0.3 is 0 Å². The highest BCUT2D eigenvalue weighted by Crippen LogP contribution is 1.92. The molecule has 0 aliphatic heterocycles. The predicted octanol–water partition coefficient (Wildman–Crippen LogP) is 0.427. The van der Waals surface area contributed by atoms with E-state index in [1.165, 1.54) is 0 Å². The summed E-state index contributed by atoms with van der Waals surface area (Å²) in [4.78, 5) is 0. The van der Waals surface area contributed by atoms with Gasteiger partial charge in [-0.25, -0.2) is 0 Å². The Labute approximate surface area is 39.9 Å². The van der Waals surface area contributed by atoms with Crippen molar-refractivity contribution in [3.05, 3.63) is 0 Å². The van der Waals surface area contributed by atoms with E-state index in [4.69, 9.17) is 7.85 Å². The SMILES string of the molecule is [B]CC[C@H]([B])F. The maximum Gasteiger partial charge on any atom is 0.116 e. The fourth-order valence-corrected chi connectivity index (χ4v) is 0.159. The number of hydrogen-bond acceptors (Lipinski definition) is 0. The zero-order valence-electron chi connectivity index (χ0n) is 3.52. The van der Waals surface area contributed by atoms with E-state index in [2.05, 4.69) is 7.85 Å². The second kappa shape index (κ2) is 3.26. The molecule has 0 saturated carbocycles. The highest BCUT2D eigenvalue weighted by molar-refractivity contribution is 6.12. The van der Waals surface area contributed by atoms with Crippen molar-refractivity contribution in [1.82, 2.24) is 0 Å². The smallest absolute Gasteiger partial charge is 0.116 e. The molecule has 0 fully saturated rings. The van der Waals surface area contributed by atoms with Gasteiger partial charge in [0, 0.05) is 0 Å².